The number of amides is 8. The lowest BCUT2D eigenvalue weighted by molar-refractivity contribution is -0.137. The van der Waals surface area contributed by atoms with E-state index in [4.69, 9.17) is 5.73 Å². The second-order valence-corrected chi connectivity index (χ2v) is 14.1. The van der Waals surface area contributed by atoms with Gasteiger partial charge in [0.2, 0.25) is 47.3 Å². The number of hydrogen-bond acceptors (Lipinski definition) is 8. The lowest BCUT2D eigenvalue weighted by atomic mass is 9.97. The fourth-order valence-corrected chi connectivity index (χ4v) is 4.53. The largest absolute Gasteiger partial charge is 0.368 e. The molecule has 8 amide bonds. The summed E-state index contributed by atoms with van der Waals surface area (Å²) in [5, 5.41) is 17.8. The zero-order valence-electron chi connectivity index (χ0n) is 30.3. The number of nitrogens with two attached hydrogens (primary N) is 1. The highest BCUT2D eigenvalue weighted by Gasteiger charge is 2.36. The van der Waals surface area contributed by atoms with Crippen molar-refractivity contribution in [3.8, 4) is 0 Å². The van der Waals surface area contributed by atoms with Gasteiger partial charge >= 0.3 is 0 Å². The number of rotatable bonds is 20. The third kappa shape index (κ3) is 16.5. The van der Waals surface area contributed by atoms with E-state index in [0.717, 1.165) is 0 Å². The van der Waals surface area contributed by atoms with Crippen LogP contribution in [0.15, 0.2) is 0 Å². The van der Waals surface area contributed by atoms with Gasteiger partial charge in [0.1, 0.15) is 29.7 Å². The van der Waals surface area contributed by atoms with Crippen molar-refractivity contribution in [3.63, 3.8) is 0 Å². The van der Waals surface area contributed by atoms with Crippen molar-refractivity contribution >= 4 is 47.3 Å². The van der Waals surface area contributed by atoms with E-state index >= 15 is 0 Å². The van der Waals surface area contributed by atoms with Crippen LogP contribution in [0.25, 0.3) is 0 Å². The smallest absolute Gasteiger partial charge is 0.245 e. The molecule has 2 unspecified atom stereocenters. The molecule has 16 heteroatoms. The number of nitrogens with one attached hydrogen (secondary N) is 7. The second kappa shape index (κ2) is 20.2. The topological polar surface area (TPSA) is 247 Å². The summed E-state index contributed by atoms with van der Waals surface area (Å²) in [6.07, 6.45) is 0.550. The van der Waals surface area contributed by atoms with Crippen LogP contribution in [0.4, 0.5) is 0 Å². The number of hydrogen-bond donors (Lipinski definition) is 8. The Hall–Kier alpha value is -4.24. The molecule has 0 radical (unpaired) electrons. The molecule has 0 rings (SSSR count). The molecule has 16 nitrogen and oxygen atoms in total. The van der Waals surface area contributed by atoms with E-state index in [1.807, 2.05) is 27.7 Å². The van der Waals surface area contributed by atoms with Crippen molar-refractivity contribution < 1.29 is 38.4 Å². The molecule has 0 aromatic rings. The monoisotopic (exact) mass is 682 g/mol. The van der Waals surface area contributed by atoms with Gasteiger partial charge in [0.15, 0.2) is 0 Å². The van der Waals surface area contributed by atoms with Gasteiger partial charge in [-0.3, -0.25) is 38.4 Å². The molecule has 0 bridgehead atoms. The van der Waals surface area contributed by atoms with E-state index in [-0.39, 0.29) is 24.2 Å². The van der Waals surface area contributed by atoms with E-state index in [9.17, 15) is 38.4 Å². The quantitative estimate of drug-likeness (QED) is 0.0786. The van der Waals surface area contributed by atoms with Crippen molar-refractivity contribution in [2.75, 3.05) is 13.1 Å². The summed E-state index contributed by atoms with van der Waals surface area (Å²) >= 11 is 0. The highest BCUT2D eigenvalue weighted by Crippen LogP contribution is 2.11. The summed E-state index contributed by atoms with van der Waals surface area (Å²) in [4.78, 5) is 100. The third-order valence-electron chi connectivity index (χ3n) is 7.14. The Balaban J connectivity index is 5.45. The van der Waals surface area contributed by atoms with E-state index in [2.05, 4.69) is 37.2 Å². The minimum atomic E-state index is -1.54. The van der Waals surface area contributed by atoms with Crippen molar-refractivity contribution in [3.05, 3.63) is 0 Å². The van der Waals surface area contributed by atoms with Gasteiger partial charge in [0.25, 0.3) is 0 Å². The van der Waals surface area contributed by atoms with Crippen LogP contribution in [0, 0.1) is 23.7 Å². The van der Waals surface area contributed by atoms with Gasteiger partial charge in [0, 0.05) is 6.92 Å². The lowest BCUT2D eigenvalue weighted by Crippen LogP contribution is -2.63. The van der Waals surface area contributed by atoms with E-state index in [1.54, 1.807) is 27.7 Å². The van der Waals surface area contributed by atoms with Gasteiger partial charge in [-0.05, 0) is 50.4 Å². The van der Waals surface area contributed by atoms with Crippen LogP contribution in [-0.2, 0) is 38.4 Å². The third-order valence-corrected chi connectivity index (χ3v) is 7.14. The molecule has 48 heavy (non-hydrogen) atoms. The summed E-state index contributed by atoms with van der Waals surface area (Å²) in [6.45, 7) is 17.5. The Morgan fingerprint density at radius 3 is 1.35 bits per heavy atom. The maximum atomic E-state index is 13.3. The van der Waals surface area contributed by atoms with Gasteiger partial charge in [0.05, 0.1) is 13.1 Å². The molecular formula is C32H58N8O8. The van der Waals surface area contributed by atoms with Crippen LogP contribution in [-0.4, -0.2) is 90.1 Å². The first kappa shape index (κ1) is 43.8. The molecule has 0 aliphatic carbocycles. The first-order valence-electron chi connectivity index (χ1n) is 16.3. The molecular weight excluding hydrogens is 624 g/mol. The summed E-state index contributed by atoms with van der Waals surface area (Å²) in [5.41, 5.74) is 3.83. The zero-order valence-corrected chi connectivity index (χ0v) is 30.3. The summed E-state index contributed by atoms with van der Waals surface area (Å²) < 4.78 is 0. The Bertz CT molecular complexity index is 1170. The molecule has 274 valence electrons. The summed E-state index contributed by atoms with van der Waals surface area (Å²) in [7, 11) is 0. The Kier molecular flexibility index (Phi) is 18.4. The predicted octanol–water partition coefficient (Wildman–Crippen LogP) is -1.04. The zero-order chi connectivity index (χ0) is 37.5. The van der Waals surface area contributed by atoms with Crippen molar-refractivity contribution in [2.24, 2.45) is 29.4 Å². The number of carbonyl (C=O) groups excluding carboxylic acids is 8. The molecule has 0 heterocycles. The average molecular weight is 683 g/mol. The first-order valence-corrected chi connectivity index (χ1v) is 16.3. The van der Waals surface area contributed by atoms with E-state index in [1.165, 1.54) is 20.8 Å². The van der Waals surface area contributed by atoms with E-state index < -0.39 is 96.0 Å². The molecule has 0 aromatic carbocycles. The molecule has 9 N–H and O–H groups in total. The second-order valence-electron chi connectivity index (χ2n) is 14.1. The molecule has 0 aliphatic heterocycles. The van der Waals surface area contributed by atoms with Crippen LogP contribution in [0.1, 0.15) is 89.0 Å². The lowest BCUT2D eigenvalue weighted by Gasteiger charge is -2.31. The normalized spacial score (nSPS) is 14.0. The predicted molar refractivity (Wildman–Crippen MR) is 179 cm³/mol. The summed E-state index contributed by atoms with van der Waals surface area (Å²) in [5.74, 6) is -5.51. The van der Waals surface area contributed by atoms with Gasteiger partial charge < -0.3 is 43.0 Å². The minimum absolute atomic E-state index is 0.0347. The minimum Gasteiger partial charge on any atom is -0.368 e. The standard InChI is InChI=1S/C32H58N8O8/c1-16(2)12-21(27(33)44)37-23(42)14-35-30(47)26(19(7)8)39-31(48)32(10,11)40-28(45)22(13-17(3)4)38-24(43)15-34-29(46)25(18(5)6)36-20(9)41/h16-19,21-22,25-26H,12-15H2,1-11H3,(H2,33,44)(H,34,46)(H,35,47)(H,36,41)(H,37,42)(H,38,43)(H,39,48)(H,40,45)/t21-,22-,25?,26?/m0/s1. The fraction of sp³-hybridized carbons (Fsp3) is 0.750. The van der Waals surface area contributed by atoms with Crippen molar-refractivity contribution in [1.82, 2.24) is 37.2 Å². The SMILES string of the molecule is CC(=O)NC(C(=O)NCC(=O)N[C@@H](CC(C)C)C(=O)NC(C)(C)C(=O)NC(C(=O)NCC(=O)N[C@@H](CC(C)C)C(N)=O)C(C)C)C(C)C. The van der Waals surface area contributed by atoms with Gasteiger partial charge in [-0.25, -0.2) is 0 Å². The molecule has 0 aromatic heterocycles. The summed E-state index contributed by atoms with van der Waals surface area (Å²) in [6, 6.07) is -3.87. The van der Waals surface area contributed by atoms with Crippen molar-refractivity contribution in [1.29, 1.82) is 0 Å². The van der Waals surface area contributed by atoms with Gasteiger partial charge in [-0.2, -0.15) is 0 Å². The molecule has 4 atom stereocenters. The van der Waals surface area contributed by atoms with Gasteiger partial charge in [-0.1, -0.05) is 55.4 Å². The van der Waals surface area contributed by atoms with Crippen LogP contribution < -0.4 is 43.0 Å². The van der Waals surface area contributed by atoms with E-state index in [0.29, 0.717) is 6.42 Å². The highest BCUT2D eigenvalue weighted by molar-refractivity contribution is 5.97. The molecule has 0 saturated carbocycles. The molecule has 0 aliphatic rings. The van der Waals surface area contributed by atoms with Crippen LogP contribution in [0.3, 0.4) is 0 Å². The van der Waals surface area contributed by atoms with Gasteiger partial charge in [-0.15, -0.1) is 0 Å². The van der Waals surface area contributed by atoms with Crippen LogP contribution in [0.2, 0.25) is 0 Å². The maximum absolute atomic E-state index is 13.3. The fourth-order valence-electron chi connectivity index (χ4n) is 4.53. The average Bonchev–Trinajstić information content (AvgIpc) is 2.94. The molecule has 0 fully saturated rings. The highest BCUT2D eigenvalue weighted by atomic mass is 16.2. The molecule has 0 saturated heterocycles. The molecule has 0 spiro atoms. The Morgan fingerprint density at radius 2 is 0.979 bits per heavy atom. The Morgan fingerprint density at radius 1 is 0.583 bits per heavy atom. The van der Waals surface area contributed by atoms with Crippen molar-refractivity contribution in [2.45, 2.75) is 119 Å². The van der Waals surface area contributed by atoms with Crippen LogP contribution in [0.5, 0.6) is 0 Å². The number of primary amides is 1. The first-order chi connectivity index (χ1) is 22.0. The Labute approximate surface area is 284 Å². The number of carbonyl (C=O) groups is 8. The maximum Gasteiger partial charge on any atom is 0.245 e. The van der Waals surface area contributed by atoms with Crippen LogP contribution >= 0.6 is 0 Å².